The summed E-state index contributed by atoms with van der Waals surface area (Å²) in [5.41, 5.74) is 0.451. The molecule has 1 rings (SSSR count). The van der Waals surface area contributed by atoms with Crippen molar-refractivity contribution in [3.8, 4) is 0 Å². The average Bonchev–Trinajstić information content (AvgIpc) is 1.77. The SMILES string of the molecule is C=C1[CH]C=CC=C1F.[Cl-].[Zn]. The van der Waals surface area contributed by atoms with Crippen LogP contribution in [0.15, 0.2) is 36.2 Å². The van der Waals surface area contributed by atoms with E-state index in [4.69, 9.17) is 0 Å². The van der Waals surface area contributed by atoms with Crippen molar-refractivity contribution in [3.05, 3.63) is 42.6 Å². The van der Waals surface area contributed by atoms with Crippen LogP contribution in [0.25, 0.3) is 0 Å². The molecule has 0 heterocycles. The molecule has 0 aliphatic heterocycles. The maximum absolute atomic E-state index is 12.3. The first-order valence-electron chi connectivity index (χ1n) is 2.37. The number of hydrogen-bond acceptors (Lipinski definition) is 0. The third kappa shape index (κ3) is 3.29. The van der Waals surface area contributed by atoms with Crippen LogP contribution >= 0.6 is 0 Å². The van der Waals surface area contributed by atoms with Crippen LogP contribution in [0.3, 0.4) is 0 Å². The average molecular weight is 210 g/mol. The van der Waals surface area contributed by atoms with Gasteiger partial charge in [-0.3, -0.25) is 0 Å². The summed E-state index contributed by atoms with van der Waals surface area (Å²) >= 11 is 0. The fraction of sp³-hybridized carbons (Fsp3) is 0. The van der Waals surface area contributed by atoms with Gasteiger partial charge in [-0.25, -0.2) is 4.39 Å². The second-order valence-corrected chi connectivity index (χ2v) is 1.59. The molecule has 0 spiro atoms. The Morgan fingerprint density at radius 1 is 1.30 bits per heavy atom. The van der Waals surface area contributed by atoms with Gasteiger partial charge in [-0.1, -0.05) is 18.7 Å². The Bertz CT molecular complexity index is 172. The van der Waals surface area contributed by atoms with Crippen molar-refractivity contribution in [1.29, 1.82) is 0 Å². The monoisotopic (exact) mass is 208 g/mol. The molecule has 0 fully saturated rings. The predicted octanol–water partition coefficient (Wildman–Crippen LogP) is -0.828. The van der Waals surface area contributed by atoms with E-state index in [0.29, 0.717) is 5.57 Å². The second kappa shape index (κ2) is 5.82. The number of halogens is 2. The number of rotatable bonds is 0. The molecule has 0 saturated carbocycles. The summed E-state index contributed by atoms with van der Waals surface area (Å²) in [6.07, 6.45) is 6.42. The molecule has 10 heavy (non-hydrogen) atoms. The molecule has 0 nitrogen and oxygen atoms in total. The second-order valence-electron chi connectivity index (χ2n) is 1.59. The van der Waals surface area contributed by atoms with E-state index in [0.717, 1.165) is 0 Å². The summed E-state index contributed by atoms with van der Waals surface area (Å²) < 4.78 is 12.3. The van der Waals surface area contributed by atoms with E-state index < -0.39 is 0 Å². The largest absolute Gasteiger partial charge is 1.00 e. The van der Waals surface area contributed by atoms with Crippen LogP contribution in [-0.2, 0) is 19.5 Å². The van der Waals surface area contributed by atoms with Gasteiger partial charge in [0.25, 0.3) is 0 Å². The van der Waals surface area contributed by atoms with Gasteiger partial charge < -0.3 is 12.4 Å². The van der Waals surface area contributed by atoms with E-state index in [-0.39, 0.29) is 37.7 Å². The molecule has 1 aliphatic rings. The Hall–Kier alpha value is 0.0634. The fourth-order valence-corrected chi connectivity index (χ4v) is 0.498. The molecule has 0 aromatic carbocycles. The van der Waals surface area contributed by atoms with Crippen molar-refractivity contribution < 1.29 is 36.3 Å². The third-order valence-corrected chi connectivity index (χ3v) is 0.958. The van der Waals surface area contributed by atoms with E-state index in [9.17, 15) is 4.39 Å². The summed E-state index contributed by atoms with van der Waals surface area (Å²) in [4.78, 5) is 0. The molecule has 1 aliphatic carbocycles. The minimum Gasteiger partial charge on any atom is -1.00 e. The smallest absolute Gasteiger partial charge is 0.126 e. The normalized spacial score (nSPS) is 14.9. The standard InChI is InChI=1S/C7H6F.ClH.Zn/c1-6-4-2-3-5-7(6)8;;/h2-5H,1H2;1H;/p-1. The molecule has 0 N–H and O–H groups in total. The Kier molecular flexibility index (Phi) is 7.40. The van der Waals surface area contributed by atoms with Gasteiger partial charge in [0.05, 0.1) is 0 Å². The summed E-state index contributed by atoms with van der Waals surface area (Å²) in [5, 5.41) is 0. The van der Waals surface area contributed by atoms with Crippen LogP contribution in [0.1, 0.15) is 0 Å². The molecule has 3 heteroatoms. The van der Waals surface area contributed by atoms with E-state index in [1.54, 1.807) is 18.6 Å². The van der Waals surface area contributed by atoms with Crippen molar-refractivity contribution in [3.63, 3.8) is 0 Å². The van der Waals surface area contributed by atoms with Gasteiger partial charge in [0.15, 0.2) is 0 Å². The van der Waals surface area contributed by atoms with Gasteiger partial charge >= 0.3 is 0 Å². The molecular weight excluding hydrogens is 204 g/mol. The first kappa shape index (κ1) is 12.7. The zero-order chi connectivity index (χ0) is 5.98. The minimum atomic E-state index is -0.243. The van der Waals surface area contributed by atoms with Gasteiger partial charge in [-0.15, -0.1) is 0 Å². The van der Waals surface area contributed by atoms with Gasteiger partial charge in [0, 0.05) is 25.9 Å². The molecular formula is C7H6ClFZn-. The zero-order valence-corrected chi connectivity index (χ0v) is 9.20. The van der Waals surface area contributed by atoms with Crippen LogP contribution in [0, 0.1) is 6.42 Å². The molecule has 51 valence electrons. The van der Waals surface area contributed by atoms with Crippen molar-refractivity contribution in [2.45, 2.75) is 0 Å². The molecule has 0 aromatic heterocycles. The Labute approximate surface area is 79.1 Å². The van der Waals surface area contributed by atoms with Gasteiger partial charge in [0.2, 0.25) is 0 Å². The quantitative estimate of drug-likeness (QED) is 0.458. The van der Waals surface area contributed by atoms with Gasteiger partial charge in [0.1, 0.15) is 5.83 Å². The van der Waals surface area contributed by atoms with Crippen LogP contribution < -0.4 is 12.4 Å². The van der Waals surface area contributed by atoms with Crippen LogP contribution in [-0.4, -0.2) is 0 Å². The summed E-state index contributed by atoms with van der Waals surface area (Å²) in [7, 11) is 0. The van der Waals surface area contributed by atoms with Crippen LogP contribution in [0.2, 0.25) is 0 Å². The Morgan fingerprint density at radius 2 is 1.90 bits per heavy atom. The summed E-state index contributed by atoms with van der Waals surface area (Å²) in [6.45, 7) is 3.45. The fourth-order valence-electron chi connectivity index (χ4n) is 0.498. The predicted molar refractivity (Wildman–Crippen MR) is 31.8 cm³/mol. The van der Waals surface area contributed by atoms with Crippen molar-refractivity contribution in [2.75, 3.05) is 0 Å². The minimum absolute atomic E-state index is 0. The Morgan fingerprint density at radius 3 is 2.20 bits per heavy atom. The topological polar surface area (TPSA) is 0 Å². The first-order chi connectivity index (χ1) is 3.80. The van der Waals surface area contributed by atoms with E-state index in [1.807, 2.05) is 0 Å². The van der Waals surface area contributed by atoms with Crippen molar-refractivity contribution in [2.24, 2.45) is 0 Å². The molecule has 0 aromatic rings. The number of hydrogen-bond donors (Lipinski definition) is 0. The molecule has 0 atom stereocenters. The maximum atomic E-state index is 12.3. The van der Waals surface area contributed by atoms with E-state index in [1.165, 1.54) is 6.08 Å². The molecule has 0 unspecified atom stereocenters. The van der Waals surface area contributed by atoms with E-state index in [2.05, 4.69) is 6.58 Å². The van der Waals surface area contributed by atoms with Crippen molar-refractivity contribution >= 4 is 0 Å². The Balaban J connectivity index is 0. The maximum Gasteiger partial charge on any atom is 0.126 e. The summed E-state index contributed by atoms with van der Waals surface area (Å²) in [6, 6.07) is 0. The molecule has 1 radical (unpaired) electrons. The van der Waals surface area contributed by atoms with E-state index >= 15 is 0 Å². The molecule has 0 amide bonds. The first-order valence-corrected chi connectivity index (χ1v) is 2.37. The third-order valence-electron chi connectivity index (χ3n) is 0.958. The van der Waals surface area contributed by atoms with Gasteiger partial charge in [-0.2, -0.15) is 0 Å². The van der Waals surface area contributed by atoms with Crippen LogP contribution in [0.5, 0.6) is 0 Å². The van der Waals surface area contributed by atoms with Crippen LogP contribution in [0.4, 0.5) is 4.39 Å². The summed E-state index contributed by atoms with van der Waals surface area (Å²) in [5.74, 6) is -0.243. The van der Waals surface area contributed by atoms with Gasteiger partial charge in [-0.05, 0) is 11.6 Å². The molecule has 0 bridgehead atoms. The number of allylic oxidation sites excluding steroid dienone is 5. The molecule has 0 saturated heterocycles. The zero-order valence-electron chi connectivity index (χ0n) is 5.48. The van der Waals surface area contributed by atoms with Crippen molar-refractivity contribution in [1.82, 2.24) is 0 Å².